The highest BCUT2D eigenvalue weighted by molar-refractivity contribution is 5.28. The molecule has 0 aliphatic heterocycles. The lowest BCUT2D eigenvalue weighted by Crippen LogP contribution is -2.13. The molecule has 1 saturated carbocycles. The van der Waals surface area contributed by atoms with E-state index in [-0.39, 0.29) is 6.10 Å². The average molecular weight is 234 g/mol. The Hall–Kier alpha value is -1.02. The van der Waals surface area contributed by atoms with Crippen LogP contribution in [0.1, 0.15) is 44.6 Å². The molecule has 2 rings (SSSR count). The van der Waals surface area contributed by atoms with Gasteiger partial charge in [0.2, 0.25) is 0 Å². The maximum absolute atomic E-state index is 9.70. The zero-order chi connectivity index (χ0) is 12.3. The van der Waals surface area contributed by atoms with E-state index in [4.69, 9.17) is 4.74 Å². The molecule has 0 bridgehead atoms. The zero-order valence-electron chi connectivity index (χ0n) is 10.7. The fraction of sp³-hybridized carbons (Fsp3) is 0.600. The summed E-state index contributed by atoms with van der Waals surface area (Å²) in [6.07, 6.45) is 2.95. The van der Waals surface area contributed by atoms with E-state index in [1.807, 2.05) is 12.1 Å². The van der Waals surface area contributed by atoms with Gasteiger partial charge < -0.3 is 9.84 Å². The number of rotatable bonds is 6. The monoisotopic (exact) mass is 234 g/mol. The maximum atomic E-state index is 9.70. The summed E-state index contributed by atoms with van der Waals surface area (Å²) in [5.41, 5.74) is 1.33. The van der Waals surface area contributed by atoms with Crippen molar-refractivity contribution in [3.05, 3.63) is 29.8 Å². The molecule has 1 aromatic rings. The van der Waals surface area contributed by atoms with Crippen molar-refractivity contribution in [3.8, 4) is 5.75 Å². The van der Waals surface area contributed by atoms with Crippen molar-refractivity contribution in [2.45, 2.75) is 45.1 Å². The Morgan fingerprint density at radius 2 is 1.88 bits per heavy atom. The van der Waals surface area contributed by atoms with E-state index in [1.54, 1.807) is 0 Å². The van der Waals surface area contributed by atoms with E-state index < -0.39 is 0 Å². The number of hydrogen-bond acceptors (Lipinski definition) is 2. The summed E-state index contributed by atoms with van der Waals surface area (Å²) >= 11 is 0. The predicted molar refractivity (Wildman–Crippen MR) is 69.4 cm³/mol. The van der Waals surface area contributed by atoms with Gasteiger partial charge in [0.05, 0.1) is 12.7 Å². The van der Waals surface area contributed by atoms with Crippen LogP contribution in [0.15, 0.2) is 24.3 Å². The minimum atomic E-state index is -0.162. The molecular weight excluding hydrogens is 212 g/mol. The summed E-state index contributed by atoms with van der Waals surface area (Å²) < 4.78 is 5.63. The van der Waals surface area contributed by atoms with Gasteiger partial charge in [0.15, 0.2) is 0 Å². The maximum Gasteiger partial charge on any atom is 0.119 e. The SMILES string of the molecule is CC(C)c1ccc(OCCC(O)C2CC2)cc1. The van der Waals surface area contributed by atoms with Crippen LogP contribution in [0.5, 0.6) is 5.75 Å². The molecule has 1 aliphatic carbocycles. The lowest BCUT2D eigenvalue weighted by atomic mass is 10.0. The van der Waals surface area contributed by atoms with Crippen LogP contribution in [0, 0.1) is 5.92 Å². The molecular formula is C15H22O2. The highest BCUT2D eigenvalue weighted by Crippen LogP contribution is 2.33. The summed E-state index contributed by atoms with van der Waals surface area (Å²) in [4.78, 5) is 0. The summed E-state index contributed by atoms with van der Waals surface area (Å²) in [7, 11) is 0. The van der Waals surface area contributed by atoms with Crippen molar-refractivity contribution in [1.29, 1.82) is 0 Å². The molecule has 0 spiro atoms. The second kappa shape index (κ2) is 5.54. The standard InChI is InChI=1S/C15H22O2/c1-11(2)12-5-7-14(8-6-12)17-10-9-15(16)13-3-4-13/h5-8,11,13,15-16H,3-4,9-10H2,1-2H3. The van der Waals surface area contributed by atoms with E-state index >= 15 is 0 Å². The lowest BCUT2D eigenvalue weighted by Gasteiger charge is -2.11. The minimum Gasteiger partial charge on any atom is -0.493 e. The second-order valence-electron chi connectivity index (χ2n) is 5.27. The van der Waals surface area contributed by atoms with Crippen LogP contribution in [-0.4, -0.2) is 17.8 Å². The third kappa shape index (κ3) is 3.74. The summed E-state index contributed by atoms with van der Waals surface area (Å²) in [6, 6.07) is 8.24. The molecule has 1 aromatic carbocycles. The Morgan fingerprint density at radius 3 is 2.41 bits per heavy atom. The van der Waals surface area contributed by atoms with E-state index in [1.165, 1.54) is 18.4 Å². The number of hydrogen-bond donors (Lipinski definition) is 1. The molecule has 2 heteroatoms. The number of benzene rings is 1. The van der Waals surface area contributed by atoms with Crippen LogP contribution in [0.4, 0.5) is 0 Å². The first kappa shape index (κ1) is 12.4. The molecule has 0 amide bonds. The molecule has 1 atom stereocenters. The Balaban J connectivity index is 1.74. The van der Waals surface area contributed by atoms with Gasteiger partial charge in [-0.3, -0.25) is 0 Å². The van der Waals surface area contributed by atoms with Crippen molar-refractivity contribution < 1.29 is 9.84 Å². The fourth-order valence-corrected chi connectivity index (χ4v) is 1.96. The normalized spacial score (nSPS) is 17.2. The van der Waals surface area contributed by atoms with Gasteiger partial charge in [0.1, 0.15) is 5.75 Å². The molecule has 1 fully saturated rings. The second-order valence-corrected chi connectivity index (χ2v) is 5.27. The van der Waals surface area contributed by atoms with E-state index in [0.29, 0.717) is 18.4 Å². The first-order valence-corrected chi connectivity index (χ1v) is 6.57. The molecule has 94 valence electrons. The van der Waals surface area contributed by atoms with Crippen LogP contribution in [0.25, 0.3) is 0 Å². The molecule has 1 N–H and O–H groups in total. The van der Waals surface area contributed by atoms with Crippen molar-refractivity contribution in [3.63, 3.8) is 0 Å². The predicted octanol–water partition coefficient (Wildman–Crippen LogP) is 3.35. The van der Waals surface area contributed by atoms with Crippen LogP contribution in [0.2, 0.25) is 0 Å². The third-order valence-electron chi connectivity index (χ3n) is 3.40. The van der Waals surface area contributed by atoms with Gasteiger partial charge in [-0.2, -0.15) is 0 Å². The van der Waals surface area contributed by atoms with Gasteiger partial charge in [-0.15, -0.1) is 0 Å². The van der Waals surface area contributed by atoms with Crippen molar-refractivity contribution in [1.82, 2.24) is 0 Å². The van der Waals surface area contributed by atoms with Gasteiger partial charge >= 0.3 is 0 Å². The van der Waals surface area contributed by atoms with Crippen molar-refractivity contribution >= 4 is 0 Å². The molecule has 17 heavy (non-hydrogen) atoms. The van der Waals surface area contributed by atoms with Gasteiger partial charge in [-0.1, -0.05) is 26.0 Å². The molecule has 0 aromatic heterocycles. The smallest absolute Gasteiger partial charge is 0.119 e. The van der Waals surface area contributed by atoms with Gasteiger partial charge in [0, 0.05) is 6.42 Å². The van der Waals surface area contributed by atoms with Gasteiger partial charge in [0.25, 0.3) is 0 Å². The largest absolute Gasteiger partial charge is 0.493 e. The summed E-state index contributed by atoms with van der Waals surface area (Å²) in [5, 5.41) is 9.70. The number of ether oxygens (including phenoxy) is 1. The van der Waals surface area contributed by atoms with Crippen molar-refractivity contribution in [2.75, 3.05) is 6.61 Å². The van der Waals surface area contributed by atoms with Crippen LogP contribution < -0.4 is 4.74 Å². The fourth-order valence-electron chi connectivity index (χ4n) is 1.96. The van der Waals surface area contributed by atoms with Crippen LogP contribution >= 0.6 is 0 Å². The van der Waals surface area contributed by atoms with E-state index in [9.17, 15) is 5.11 Å². The Morgan fingerprint density at radius 1 is 1.24 bits per heavy atom. The Bertz CT molecular complexity index is 338. The average Bonchev–Trinajstić information content (AvgIpc) is 3.13. The third-order valence-corrected chi connectivity index (χ3v) is 3.40. The Labute approximate surface area is 104 Å². The zero-order valence-corrected chi connectivity index (χ0v) is 10.7. The van der Waals surface area contributed by atoms with Gasteiger partial charge in [-0.25, -0.2) is 0 Å². The summed E-state index contributed by atoms with van der Waals surface area (Å²) in [5.74, 6) is 2.00. The molecule has 0 heterocycles. The first-order valence-electron chi connectivity index (χ1n) is 6.57. The van der Waals surface area contributed by atoms with E-state index in [2.05, 4.69) is 26.0 Å². The highest BCUT2D eigenvalue weighted by atomic mass is 16.5. The Kier molecular flexibility index (Phi) is 4.06. The number of aliphatic hydroxyl groups is 1. The number of aliphatic hydroxyl groups excluding tert-OH is 1. The topological polar surface area (TPSA) is 29.5 Å². The molecule has 1 aliphatic rings. The summed E-state index contributed by atoms with van der Waals surface area (Å²) in [6.45, 7) is 4.97. The molecule has 0 radical (unpaired) electrons. The molecule has 0 saturated heterocycles. The quantitative estimate of drug-likeness (QED) is 0.818. The van der Waals surface area contributed by atoms with Crippen LogP contribution in [-0.2, 0) is 0 Å². The van der Waals surface area contributed by atoms with E-state index in [0.717, 1.165) is 12.2 Å². The van der Waals surface area contributed by atoms with Gasteiger partial charge in [-0.05, 0) is 42.4 Å². The highest BCUT2D eigenvalue weighted by Gasteiger charge is 2.29. The van der Waals surface area contributed by atoms with Crippen molar-refractivity contribution in [2.24, 2.45) is 5.92 Å². The first-order chi connectivity index (χ1) is 8.16. The lowest BCUT2D eigenvalue weighted by molar-refractivity contribution is 0.119. The van der Waals surface area contributed by atoms with Crippen LogP contribution in [0.3, 0.4) is 0 Å². The molecule has 2 nitrogen and oxygen atoms in total. The molecule has 1 unspecified atom stereocenters. The minimum absolute atomic E-state index is 0.162.